The number of methoxy groups -OCH3 is 2. The normalized spacial score (nSPS) is 28.3. The first-order valence-corrected chi connectivity index (χ1v) is 6.00. The molecule has 1 aromatic rings. The Morgan fingerprint density at radius 1 is 1.33 bits per heavy atom. The van der Waals surface area contributed by atoms with Gasteiger partial charge in [0.15, 0.2) is 0 Å². The van der Waals surface area contributed by atoms with Crippen molar-refractivity contribution < 1.29 is 14.3 Å². The molecule has 1 aliphatic heterocycles. The fourth-order valence-electron chi connectivity index (χ4n) is 2.81. The van der Waals surface area contributed by atoms with Crippen LogP contribution >= 0.6 is 0 Å². The summed E-state index contributed by atoms with van der Waals surface area (Å²) in [7, 11) is 3.07. The van der Waals surface area contributed by atoms with Gasteiger partial charge in [-0.15, -0.1) is 0 Å². The predicted octanol–water partition coefficient (Wildman–Crippen LogP) is 1.68. The smallest absolute Gasteiger partial charge is 0.318 e. The number of esters is 1. The van der Waals surface area contributed by atoms with Crippen LogP contribution in [0.1, 0.15) is 12.0 Å². The minimum absolute atomic E-state index is 0.153. The molecule has 2 aliphatic rings. The van der Waals surface area contributed by atoms with Crippen molar-refractivity contribution in [2.45, 2.75) is 6.42 Å². The van der Waals surface area contributed by atoms with Crippen LogP contribution in [-0.2, 0) is 9.53 Å². The molecular weight excluding hydrogens is 230 g/mol. The third-order valence-electron chi connectivity index (χ3n) is 3.91. The van der Waals surface area contributed by atoms with E-state index in [1.54, 1.807) is 7.11 Å². The van der Waals surface area contributed by atoms with E-state index in [2.05, 4.69) is 4.99 Å². The number of carbonyl (C=O) groups is 1. The van der Waals surface area contributed by atoms with Crippen molar-refractivity contribution in [1.29, 1.82) is 0 Å². The van der Waals surface area contributed by atoms with Gasteiger partial charge in [0.05, 0.1) is 19.9 Å². The van der Waals surface area contributed by atoms with Crippen molar-refractivity contribution in [2.75, 3.05) is 20.8 Å². The predicted molar refractivity (Wildman–Crippen MR) is 67.0 cm³/mol. The lowest BCUT2D eigenvalue weighted by Crippen LogP contribution is -2.27. The Labute approximate surface area is 106 Å². The number of aliphatic imine (C=N–C) groups is 1. The summed E-state index contributed by atoms with van der Waals surface area (Å²) in [5.41, 5.74) is 1.40. The summed E-state index contributed by atoms with van der Waals surface area (Å²) in [4.78, 5) is 16.5. The zero-order valence-corrected chi connectivity index (χ0v) is 10.5. The second kappa shape index (κ2) is 3.83. The Morgan fingerprint density at radius 3 is 2.61 bits per heavy atom. The first-order valence-electron chi connectivity index (χ1n) is 6.00. The lowest BCUT2D eigenvalue weighted by Gasteiger charge is -2.14. The van der Waals surface area contributed by atoms with E-state index in [0.29, 0.717) is 5.92 Å². The van der Waals surface area contributed by atoms with Crippen molar-refractivity contribution in [1.82, 2.24) is 0 Å². The van der Waals surface area contributed by atoms with Crippen LogP contribution in [0, 0.1) is 11.3 Å². The number of hydrogen-bond donors (Lipinski definition) is 0. The van der Waals surface area contributed by atoms with E-state index in [1.807, 2.05) is 24.3 Å². The number of nitrogens with zero attached hydrogens (tertiary/aromatic N) is 1. The summed E-state index contributed by atoms with van der Waals surface area (Å²) >= 11 is 0. The van der Waals surface area contributed by atoms with E-state index in [-0.39, 0.29) is 5.97 Å². The molecule has 4 heteroatoms. The van der Waals surface area contributed by atoms with Gasteiger partial charge in [0, 0.05) is 12.5 Å². The Kier molecular flexibility index (Phi) is 2.40. The van der Waals surface area contributed by atoms with Gasteiger partial charge in [-0.3, -0.25) is 9.79 Å². The van der Waals surface area contributed by atoms with Gasteiger partial charge in [-0.25, -0.2) is 0 Å². The highest BCUT2D eigenvalue weighted by Crippen LogP contribution is 2.59. The molecule has 1 aromatic carbocycles. The number of fused-ring (bicyclic) bond motifs is 1. The van der Waals surface area contributed by atoms with Crippen LogP contribution in [0.15, 0.2) is 29.3 Å². The largest absolute Gasteiger partial charge is 0.497 e. The summed E-state index contributed by atoms with van der Waals surface area (Å²) in [5.74, 6) is 0.985. The molecule has 2 atom stereocenters. The van der Waals surface area contributed by atoms with Gasteiger partial charge < -0.3 is 9.47 Å². The van der Waals surface area contributed by atoms with Crippen molar-refractivity contribution in [3.05, 3.63) is 29.8 Å². The zero-order valence-electron chi connectivity index (χ0n) is 10.5. The molecule has 0 amide bonds. The molecule has 1 aliphatic carbocycles. The average Bonchev–Trinajstić information content (AvgIpc) is 3.05. The molecular formula is C14H15NO3. The van der Waals surface area contributed by atoms with Crippen LogP contribution in [0.3, 0.4) is 0 Å². The molecule has 0 N–H and O–H groups in total. The lowest BCUT2D eigenvalue weighted by atomic mass is 9.93. The van der Waals surface area contributed by atoms with E-state index < -0.39 is 5.41 Å². The highest BCUT2D eigenvalue weighted by atomic mass is 16.5. The zero-order chi connectivity index (χ0) is 12.8. The lowest BCUT2D eigenvalue weighted by molar-refractivity contribution is -0.144. The minimum atomic E-state index is -0.469. The topological polar surface area (TPSA) is 47.9 Å². The fraction of sp³-hybridized carbons (Fsp3) is 0.429. The molecule has 1 saturated carbocycles. The van der Waals surface area contributed by atoms with Gasteiger partial charge in [-0.2, -0.15) is 0 Å². The van der Waals surface area contributed by atoms with Crippen LogP contribution in [0.4, 0.5) is 0 Å². The molecule has 0 spiro atoms. The Balaban J connectivity index is 1.94. The maximum atomic E-state index is 12.0. The van der Waals surface area contributed by atoms with E-state index in [9.17, 15) is 4.79 Å². The van der Waals surface area contributed by atoms with Crippen LogP contribution in [-0.4, -0.2) is 32.4 Å². The van der Waals surface area contributed by atoms with Gasteiger partial charge in [0.2, 0.25) is 0 Å². The van der Waals surface area contributed by atoms with Crippen molar-refractivity contribution >= 4 is 11.7 Å². The number of hydrogen-bond acceptors (Lipinski definition) is 4. The van der Waals surface area contributed by atoms with Crippen molar-refractivity contribution in [2.24, 2.45) is 16.3 Å². The Hall–Kier alpha value is -1.84. The van der Waals surface area contributed by atoms with Crippen LogP contribution in [0.5, 0.6) is 5.75 Å². The Bertz CT molecular complexity index is 520. The summed E-state index contributed by atoms with van der Waals surface area (Å²) in [6.07, 6.45) is 0.866. The maximum Gasteiger partial charge on any atom is 0.318 e. The highest BCUT2D eigenvalue weighted by molar-refractivity contribution is 6.19. The summed E-state index contributed by atoms with van der Waals surface area (Å²) in [6, 6.07) is 7.67. The number of benzene rings is 1. The maximum absolute atomic E-state index is 12.0. The van der Waals surface area contributed by atoms with Gasteiger partial charge >= 0.3 is 5.97 Å². The molecule has 18 heavy (non-hydrogen) atoms. The number of ether oxygens (including phenoxy) is 2. The molecule has 0 saturated heterocycles. The van der Waals surface area contributed by atoms with Gasteiger partial charge in [0.1, 0.15) is 11.2 Å². The number of carbonyl (C=O) groups excluding carboxylic acids is 1. The van der Waals surface area contributed by atoms with Crippen molar-refractivity contribution in [3.8, 4) is 5.75 Å². The van der Waals surface area contributed by atoms with E-state index in [0.717, 1.165) is 30.0 Å². The van der Waals surface area contributed by atoms with E-state index in [4.69, 9.17) is 9.47 Å². The SMILES string of the molecule is COC(=O)[C@]12C[C@H]1CN=C2c1ccc(OC)cc1. The minimum Gasteiger partial charge on any atom is -0.497 e. The monoisotopic (exact) mass is 245 g/mol. The summed E-state index contributed by atoms with van der Waals surface area (Å²) in [6.45, 7) is 0.733. The summed E-state index contributed by atoms with van der Waals surface area (Å²) < 4.78 is 10.1. The van der Waals surface area contributed by atoms with Crippen molar-refractivity contribution in [3.63, 3.8) is 0 Å². The molecule has 1 fully saturated rings. The first kappa shape index (κ1) is 11.3. The van der Waals surface area contributed by atoms with Crippen LogP contribution in [0.25, 0.3) is 0 Å². The molecule has 3 rings (SSSR count). The van der Waals surface area contributed by atoms with Gasteiger partial charge in [-0.1, -0.05) is 0 Å². The molecule has 0 bridgehead atoms. The standard InChI is InChI=1S/C14H15NO3/c1-17-11-5-3-9(4-6-11)12-14(13(16)18-2)7-10(14)8-15-12/h3-6,10H,7-8H2,1-2H3/t10-,14+/m0/s1. The summed E-state index contributed by atoms with van der Waals surface area (Å²) in [5, 5.41) is 0. The fourth-order valence-corrected chi connectivity index (χ4v) is 2.81. The molecule has 0 aromatic heterocycles. The Morgan fingerprint density at radius 2 is 2.06 bits per heavy atom. The van der Waals surface area contributed by atoms with Gasteiger partial charge in [-0.05, 0) is 36.2 Å². The van der Waals surface area contributed by atoms with E-state index in [1.165, 1.54) is 7.11 Å². The van der Waals surface area contributed by atoms with Gasteiger partial charge in [0.25, 0.3) is 0 Å². The van der Waals surface area contributed by atoms with Crippen LogP contribution in [0.2, 0.25) is 0 Å². The quantitative estimate of drug-likeness (QED) is 0.761. The molecule has 4 nitrogen and oxygen atoms in total. The third kappa shape index (κ3) is 1.38. The second-order valence-corrected chi connectivity index (χ2v) is 4.78. The molecule has 0 radical (unpaired) electrons. The second-order valence-electron chi connectivity index (χ2n) is 4.78. The average molecular weight is 245 g/mol. The molecule has 0 unspecified atom stereocenters. The molecule has 1 heterocycles. The third-order valence-corrected chi connectivity index (χ3v) is 3.91. The van der Waals surface area contributed by atoms with E-state index >= 15 is 0 Å². The first-order chi connectivity index (χ1) is 8.72. The molecule has 94 valence electrons. The number of rotatable bonds is 3. The highest BCUT2D eigenvalue weighted by Gasteiger charge is 2.67. The van der Waals surface area contributed by atoms with Crippen LogP contribution < -0.4 is 4.74 Å².